The standard InChI is InChI=1S/C12H17Cl2NO/c1-2-12(16)3-4-15-8-9-5-10(13)7-11(14)6-9/h5-7,12,15-16H,2-4,8H2,1H3. The lowest BCUT2D eigenvalue weighted by atomic mass is 10.2. The Morgan fingerprint density at radius 3 is 2.44 bits per heavy atom. The lowest BCUT2D eigenvalue weighted by Crippen LogP contribution is -2.19. The van der Waals surface area contributed by atoms with E-state index in [1.165, 1.54) is 0 Å². The number of nitrogens with one attached hydrogen (secondary N) is 1. The van der Waals surface area contributed by atoms with Crippen molar-refractivity contribution in [3.8, 4) is 0 Å². The molecule has 0 saturated carbocycles. The van der Waals surface area contributed by atoms with E-state index in [2.05, 4.69) is 5.32 Å². The molecule has 0 spiro atoms. The van der Waals surface area contributed by atoms with Gasteiger partial charge in [-0.1, -0.05) is 30.1 Å². The van der Waals surface area contributed by atoms with E-state index in [9.17, 15) is 5.11 Å². The first kappa shape index (κ1) is 13.8. The van der Waals surface area contributed by atoms with Crippen molar-refractivity contribution in [2.45, 2.75) is 32.4 Å². The molecular formula is C12H17Cl2NO. The summed E-state index contributed by atoms with van der Waals surface area (Å²) >= 11 is 11.8. The van der Waals surface area contributed by atoms with Gasteiger partial charge < -0.3 is 10.4 Å². The van der Waals surface area contributed by atoms with Crippen LogP contribution < -0.4 is 5.32 Å². The first-order valence-electron chi connectivity index (χ1n) is 5.45. The van der Waals surface area contributed by atoms with Crippen LogP contribution in [0.5, 0.6) is 0 Å². The van der Waals surface area contributed by atoms with Crippen molar-refractivity contribution in [2.75, 3.05) is 6.54 Å². The topological polar surface area (TPSA) is 32.3 Å². The highest BCUT2D eigenvalue weighted by Crippen LogP contribution is 2.18. The summed E-state index contributed by atoms with van der Waals surface area (Å²) in [6.07, 6.45) is 1.35. The molecule has 0 saturated heterocycles. The van der Waals surface area contributed by atoms with Crippen molar-refractivity contribution in [1.82, 2.24) is 5.32 Å². The third-order valence-corrected chi connectivity index (χ3v) is 2.81. The summed E-state index contributed by atoms with van der Waals surface area (Å²) in [6, 6.07) is 5.49. The Morgan fingerprint density at radius 1 is 1.25 bits per heavy atom. The van der Waals surface area contributed by atoms with E-state index in [1.807, 2.05) is 19.1 Å². The van der Waals surface area contributed by atoms with Gasteiger partial charge in [-0.15, -0.1) is 0 Å². The summed E-state index contributed by atoms with van der Waals surface area (Å²) in [5.41, 5.74) is 1.06. The van der Waals surface area contributed by atoms with Crippen LogP contribution in [0.25, 0.3) is 0 Å². The minimum Gasteiger partial charge on any atom is -0.393 e. The Labute approximate surface area is 107 Å². The van der Waals surface area contributed by atoms with Gasteiger partial charge in [0, 0.05) is 16.6 Å². The summed E-state index contributed by atoms with van der Waals surface area (Å²) in [4.78, 5) is 0. The van der Waals surface area contributed by atoms with E-state index < -0.39 is 0 Å². The Bertz CT molecular complexity index is 311. The summed E-state index contributed by atoms with van der Waals surface area (Å²) in [5, 5.41) is 13.9. The average Bonchev–Trinajstić information content (AvgIpc) is 2.22. The fraction of sp³-hybridized carbons (Fsp3) is 0.500. The van der Waals surface area contributed by atoms with Crippen LogP contribution in [0.4, 0.5) is 0 Å². The molecule has 0 aromatic heterocycles. The normalized spacial score (nSPS) is 12.8. The predicted molar refractivity (Wildman–Crippen MR) is 69.1 cm³/mol. The van der Waals surface area contributed by atoms with Crippen molar-refractivity contribution in [3.63, 3.8) is 0 Å². The molecule has 1 aromatic rings. The first-order valence-corrected chi connectivity index (χ1v) is 6.21. The fourth-order valence-corrected chi connectivity index (χ4v) is 1.99. The second-order valence-electron chi connectivity index (χ2n) is 3.81. The minimum atomic E-state index is -0.213. The molecule has 90 valence electrons. The number of aliphatic hydroxyl groups is 1. The van der Waals surface area contributed by atoms with Gasteiger partial charge in [-0.3, -0.25) is 0 Å². The highest BCUT2D eigenvalue weighted by Gasteiger charge is 2.01. The number of hydrogen-bond acceptors (Lipinski definition) is 2. The Hall–Kier alpha value is -0.280. The molecule has 1 unspecified atom stereocenters. The van der Waals surface area contributed by atoms with Gasteiger partial charge in [0.25, 0.3) is 0 Å². The zero-order chi connectivity index (χ0) is 12.0. The average molecular weight is 262 g/mol. The zero-order valence-electron chi connectivity index (χ0n) is 9.34. The molecule has 0 amide bonds. The highest BCUT2D eigenvalue weighted by atomic mass is 35.5. The van der Waals surface area contributed by atoms with Crippen molar-refractivity contribution in [1.29, 1.82) is 0 Å². The molecular weight excluding hydrogens is 245 g/mol. The van der Waals surface area contributed by atoms with Crippen LogP contribution in [0.3, 0.4) is 0 Å². The van der Waals surface area contributed by atoms with Crippen molar-refractivity contribution in [2.24, 2.45) is 0 Å². The number of rotatable bonds is 6. The van der Waals surface area contributed by atoms with Crippen LogP contribution in [-0.4, -0.2) is 17.8 Å². The third-order valence-electron chi connectivity index (χ3n) is 2.38. The summed E-state index contributed by atoms with van der Waals surface area (Å²) in [6.45, 7) is 3.48. The molecule has 1 rings (SSSR count). The zero-order valence-corrected chi connectivity index (χ0v) is 10.9. The maximum atomic E-state index is 9.36. The van der Waals surface area contributed by atoms with E-state index in [-0.39, 0.29) is 6.10 Å². The maximum absolute atomic E-state index is 9.36. The van der Waals surface area contributed by atoms with Gasteiger partial charge in [-0.25, -0.2) is 0 Å². The van der Waals surface area contributed by atoms with Crippen LogP contribution in [-0.2, 0) is 6.54 Å². The lowest BCUT2D eigenvalue weighted by Gasteiger charge is -2.09. The quantitative estimate of drug-likeness (QED) is 0.771. The molecule has 0 aliphatic rings. The van der Waals surface area contributed by atoms with Gasteiger partial charge in [0.05, 0.1) is 6.10 Å². The van der Waals surface area contributed by atoms with E-state index in [0.29, 0.717) is 10.0 Å². The van der Waals surface area contributed by atoms with Crippen molar-refractivity contribution >= 4 is 23.2 Å². The number of halogens is 2. The van der Waals surface area contributed by atoms with E-state index in [1.54, 1.807) is 6.07 Å². The molecule has 0 bridgehead atoms. The largest absolute Gasteiger partial charge is 0.393 e. The van der Waals surface area contributed by atoms with Gasteiger partial charge in [0.2, 0.25) is 0 Å². The molecule has 4 heteroatoms. The fourth-order valence-electron chi connectivity index (χ4n) is 1.42. The number of hydrogen-bond donors (Lipinski definition) is 2. The number of benzene rings is 1. The molecule has 1 atom stereocenters. The summed E-state index contributed by atoms with van der Waals surface area (Å²) < 4.78 is 0. The molecule has 2 nitrogen and oxygen atoms in total. The van der Waals surface area contributed by atoms with E-state index in [0.717, 1.165) is 31.5 Å². The van der Waals surface area contributed by atoms with Gasteiger partial charge in [0.1, 0.15) is 0 Å². The first-order chi connectivity index (χ1) is 7.61. The van der Waals surface area contributed by atoms with Gasteiger partial charge >= 0.3 is 0 Å². The van der Waals surface area contributed by atoms with Crippen LogP contribution in [0.15, 0.2) is 18.2 Å². The number of aliphatic hydroxyl groups excluding tert-OH is 1. The smallest absolute Gasteiger partial charge is 0.0549 e. The van der Waals surface area contributed by atoms with E-state index >= 15 is 0 Å². The van der Waals surface area contributed by atoms with Crippen LogP contribution >= 0.6 is 23.2 Å². The molecule has 0 radical (unpaired) electrons. The molecule has 0 fully saturated rings. The molecule has 0 aliphatic carbocycles. The summed E-state index contributed by atoms with van der Waals surface area (Å²) in [7, 11) is 0. The molecule has 0 heterocycles. The monoisotopic (exact) mass is 261 g/mol. The SMILES string of the molecule is CCC(O)CCNCc1cc(Cl)cc(Cl)c1. The Morgan fingerprint density at radius 2 is 1.88 bits per heavy atom. The molecule has 0 aliphatic heterocycles. The predicted octanol–water partition coefficient (Wildman–Crippen LogP) is 3.24. The molecule has 2 N–H and O–H groups in total. The second kappa shape index (κ2) is 7.13. The summed E-state index contributed by atoms with van der Waals surface area (Å²) in [5.74, 6) is 0. The minimum absolute atomic E-state index is 0.213. The lowest BCUT2D eigenvalue weighted by molar-refractivity contribution is 0.159. The molecule has 1 aromatic carbocycles. The third kappa shape index (κ3) is 5.17. The van der Waals surface area contributed by atoms with Crippen molar-refractivity contribution < 1.29 is 5.11 Å². The highest BCUT2D eigenvalue weighted by molar-refractivity contribution is 6.34. The van der Waals surface area contributed by atoms with Gasteiger partial charge in [0.15, 0.2) is 0 Å². The van der Waals surface area contributed by atoms with Gasteiger partial charge in [-0.2, -0.15) is 0 Å². The van der Waals surface area contributed by atoms with Gasteiger partial charge in [-0.05, 0) is 43.1 Å². The Balaban J connectivity index is 2.32. The van der Waals surface area contributed by atoms with Crippen LogP contribution in [0.1, 0.15) is 25.3 Å². The molecule has 16 heavy (non-hydrogen) atoms. The van der Waals surface area contributed by atoms with Crippen LogP contribution in [0, 0.1) is 0 Å². The maximum Gasteiger partial charge on any atom is 0.0549 e. The van der Waals surface area contributed by atoms with Crippen LogP contribution in [0.2, 0.25) is 10.0 Å². The Kier molecular flexibility index (Phi) is 6.14. The second-order valence-corrected chi connectivity index (χ2v) is 4.68. The van der Waals surface area contributed by atoms with E-state index in [4.69, 9.17) is 23.2 Å². The van der Waals surface area contributed by atoms with Crippen molar-refractivity contribution in [3.05, 3.63) is 33.8 Å².